The van der Waals surface area contributed by atoms with Gasteiger partial charge in [0.1, 0.15) is 0 Å². The Kier molecular flexibility index (Phi) is 7.01. The van der Waals surface area contributed by atoms with Gasteiger partial charge in [-0.2, -0.15) is 0 Å². The first kappa shape index (κ1) is 16.0. The normalized spacial score (nSPS) is 24.7. The summed E-state index contributed by atoms with van der Waals surface area (Å²) in [6.45, 7) is 5.62. The van der Waals surface area contributed by atoms with Gasteiger partial charge in [-0.25, -0.2) is 0 Å². The minimum Gasteiger partial charge on any atom is -0.314 e. The van der Waals surface area contributed by atoms with Crippen molar-refractivity contribution in [1.82, 2.24) is 10.3 Å². The third kappa shape index (κ3) is 4.85. The van der Waals surface area contributed by atoms with E-state index in [9.17, 15) is 0 Å². The molecule has 0 aromatic carbocycles. The highest BCUT2D eigenvalue weighted by Gasteiger charge is 2.27. The molecule has 0 bridgehead atoms. The first-order valence-corrected chi connectivity index (χ1v) is 9.32. The van der Waals surface area contributed by atoms with Gasteiger partial charge in [-0.3, -0.25) is 4.98 Å². The summed E-state index contributed by atoms with van der Waals surface area (Å²) in [5.74, 6) is 1.88. The largest absolute Gasteiger partial charge is 0.314 e. The van der Waals surface area contributed by atoms with Crippen molar-refractivity contribution in [2.45, 2.75) is 71.3 Å². The van der Waals surface area contributed by atoms with Gasteiger partial charge in [0.2, 0.25) is 0 Å². The lowest BCUT2D eigenvalue weighted by atomic mass is 9.76. The standard InChI is InChI=1S/C17H30N2S/c1-3-5-6-14-7-9-15(10-8-14)17(19-4-2)11-16-12-18-13-20-16/h12-15,17,19H,3-11H2,1-2H3. The maximum absolute atomic E-state index is 4.22. The Morgan fingerprint density at radius 1 is 1.30 bits per heavy atom. The molecule has 3 heteroatoms. The number of hydrogen-bond acceptors (Lipinski definition) is 3. The molecule has 0 saturated heterocycles. The summed E-state index contributed by atoms with van der Waals surface area (Å²) < 4.78 is 0. The molecule has 1 aromatic heterocycles. The Bertz CT molecular complexity index is 342. The minimum atomic E-state index is 0.660. The minimum absolute atomic E-state index is 0.660. The van der Waals surface area contributed by atoms with Gasteiger partial charge in [0.25, 0.3) is 0 Å². The van der Waals surface area contributed by atoms with Crippen molar-refractivity contribution in [3.8, 4) is 0 Å². The topological polar surface area (TPSA) is 24.9 Å². The lowest BCUT2D eigenvalue weighted by Crippen LogP contribution is -2.39. The zero-order valence-electron chi connectivity index (χ0n) is 13.1. The van der Waals surface area contributed by atoms with Crippen LogP contribution in [0.5, 0.6) is 0 Å². The third-order valence-corrected chi connectivity index (χ3v) is 5.60. The number of thiazole rings is 1. The quantitative estimate of drug-likeness (QED) is 0.754. The van der Waals surface area contributed by atoms with Gasteiger partial charge in [0, 0.05) is 17.1 Å². The molecule has 2 nitrogen and oxygen atoms in total. The Hall–Kier alpha value is -0.410. The van der Waals surface area contributed by atoms with Crippen molar-refractivity contribution in [2.75, 3.05) is 6.54 Å². The van der Waals surface area contributed by atoms with Crippen LogP contribution in [0, 0.1) is 11.8 Å². The summed E-state index contributed by atoms with van der Waals surface area (Å²) in [6, 6.07) is 0.660. The fourth-order valence-corrected chi connectivity index (χ4v) is 4.25. The molecule has 1 aromatic rings. The lowest BCUT2D eigenvalue weighted by molar-refractivity contribution is 0.212. The van der Waals surface area contributed by atoms with Crippen molar-refractivity contribution >= 4 is 11.3 Å². The molecule has 1 N–H and O–H groups in total. The zero-order chi connectivity index (χ0) is 14.2. The predicted molar refractivity (Wildman–Crippen MR) is 88.3 cm³/mol. The second-order valence-corrected chi connectivity index (χ2v) is 7.23. The van der Waals surface area contributed by atoms with Crippen LogP contribution in [0.4, 0.5) is 0 Å². The van der Waals surface area contributed by atoms with Gasteiger partial charge in [0.15, 0.2) is 0 Å². The number of hydrogen-bond donors (Lipinski definition) is 1. The molecule has 20 heavy (non-hydrogen) atoms. The number of unbranched alkanes of at least 4 members (excludes halogenated alkanes) is 1. The van der Waals surface area contributed by atoms with Gasteiger partial charge in [-0.1, -0.05) is 46.0 Å². The maximum atomic E-state index is 4.22. The average molecular weight is 295 g/mol. The number of nitrogens with zero attached hydrogens (tertiary/aromatic N) is 1. The van der Waals surface area contributed by atoms with Crippen LogP contribution in [0.25, 0.3) is 0 Å². The van der Waals surface area contributed by atoms with Gasteiger partial charge in [-0.15, -0.1) is 11.3 Å². The molecule has 1 saturated carbocycles. The van der Waals surface area contributed by atoms with Crippen LogP contribution < -0.4 is 5.32 Å². The van der Waals surface area contributed by atoms with Crippen molar-refractivity contribution in [3.63, 3.8) is 0 Å². The van der Waals surface area contributed by atoms with Gasteiger partial charge in [0.05, 0.1) is 5.51 Å². The van der Waals surface area contributed by atoms with Crippen LogP contribution in [0.2, 0.25) is 0 Å². The molecule has 1 atom stereocenters. The second kappa shape index (κ2) is 8.78. The highest BCUT2D eigenvalue weighted by molar-refractivity contribution is 7.09. The molecule has 0 aliphatic heterocycles. The van der Waals surface area contributed by atoms with Crippen LogP contribution in [-0.4, -0.2) is 17.6 Å². The Labute approximate surface area is 128 Å². The Morgan fingerprint density at radius 2 is 2.10 bits per heavy atom. The summed E-state index contributed by atoms with van der Waals surface area (Å²) >= 11 is 1.80. The van der Waals surface area contributed by atoms with Gasteiger partial charge >= 0.3 is 0 Å². The first-order chi connectivity index (χ1) is 9.83. The lowest BCUT2D eigenvalue weighted by Gasteiger charge is -2.34. The van der Waals surface area contributed by atoms with E-state index in [1.54, 1.807) is 11.3 Å². The van der Waals surface area contributed by atoms with E-state index in [0.717, 1.165) is 18.4 Å². The fraction of sp³-hybridized carbons (Fsp3) is 0.824. The molecular weight excluding hydrogens is 264 g/mol. The van der Waals surface area contributed by atoms with Crippen LogP contribution in [0.3, 0.4) is 0 Å². The number of rotatable bonds is 8. The van der Waals surface area contributed by atoms with E-state index in [2.05, 4.69) is 24.1 Å². The highest BCUT2D eigenvalue weighted by Crippen LogP contribution is 2.34. The van der Waals surface area contributed by atoms with Crippen LogP contribution in [-0.2, 0) is 6.42 Å². The predicted octanol–water partition coefficient (Wildman–Crippen LogP) is 4.66. The fourth-order valence-electron chi connectivity index (χ4n) is 3.60. The molecule has 114 valence electrons. The number of likely N-dealkylation sites (N-methyl/N-ethyl adjacent to an activating group) is 1. The van der Waals surface area contributed by atoms with Gasteiger partial charge < -0.3 is 5.32 Å². The second-order valence-electron chi connectivity index (χ2n) is 6.26. The molecule has 1 unspecified atom stereocenters. The average Bonchev–Trinajstić information content (AvgIpc) is 2.98. The summed E-state index contributed by atoms with van der Waals surface area (Å²) in [6.07, 6.45) is 13.2. The SMILES string of the molecule is CCCCC1CCC(C(Cc2cncs2)NCC)CC1. The molecule has 1 fully saturated rings. The summed E-state index contributed by atoms with van der Waals surface area (Å²) in [5, 5.41) is 3.73. The molecular formula is C17H30N2S. The molecule has 2 rings (SSSR count). The maximum Gasteiger partial charge on any atom is 0.0794 e. The number of nitrogens with one attached hydrogen (secondary N) is 1. The van der Waals surface area contributed by atoms with Crippen molar-refractivity contribution in [1.29, 1.82) is 0 Å². The molecule has 1 aliphatic carbocycles. The summed E-state index contributed by atoms with van der Waals surface area (Å²) in [5.41, 5.74) is 1.96. The third-order valence-electron chi connectivity index (χ3n) is 4.80. The molecule has 0 radical (unpaired) electrons. The number of aromatic nitrogens is 1. The van der Waals surface area contributed by atoms with E-state index < -0.39 is 0 Å². The van der Waals surface area contributed by atoms with E-state index in [1.807, 2.05) is 11.7 Å². The van der Waals surface area contributed by atoms with Crippen molar-refractivity contribution in [3.05, 3.63) is 16.6 Å². The monoisotopic (exact) mass is 294 g/mol. The molecule has 1 aliphatic rings. The van der Waals surface area contributed by atoms with Crippen molar-refractivity contribution < 1.29 is 0 Å². The first-order valence-electron chi connectivity index (χ1n) is 8.44. The molecule has 0 spiro atoms. The smallest absolute Gasteiger partial charge is 0.0794 e. The van der Waals surface area contributed by atoms with E-state index >= 15 is 0 Å². The summed E-state index contributed by atoms with van der Waals surface area (Å²) in [4.78, 5) is 5.65. The summed E-state index contributed by atoms with van der Waals surface area (Å²) in [7, 11) is 0. The van der Waals surface area contributed by atoms with E-state index in [1.165, 1.54) is 56.2 Å². The van der Waals surface area contributed by atoms with Gasteiger partial charge in [-0.05, 0) is 37.6 Å². The Morgan fingerprint density at radius 3 is 2.70 bits per heavy atom. The van der Waals surface area contributed by atoms with E-state index in [-0.39, 0.29) is 0 Å². The molecule has 0 amide bonds. The Balaban J connectivity index is 1.81. The van der Waals surface area contributed by atoms with Crippen LogP contribution in [0.1, 0.15) is 63.7 Å². The van der Waals surface area contributed by atoms with E-state index in [4.69, 9.17) is 0 Å². The zero-order valence-corrected chi connectivity index (χ0v) is 13.9. The molecule has 1 heterocycles. The van der Waals surface area contributed by atoms with Crippen molar-refractivity contribution in [2.24, 2.45) is 11.8 Å². The van der Waals surface area contributed by atoms with E-state index in [0.29, 0.717) is 6.04 Å². The van der Waals surface area contributed by atoms with Crippen LogP contribution >= 0.6 is 11.3 Å². The highest BCUT2D eigenvalue weighted by atomic mass is 32.1. The van der Waals surface area contributed by atoms with Crippen LogP contribution in [0.15, 0.2) is 11.7 Å².